The first-order chi connectivity index (χ1) is 13.5. The molecule has 4 N–H and O–H groups in total. The lowest BCUT2D eigenvalue weighted by Crippen LogP contribution is -2.19. The molecule has 4 aromatic rings. The van der Waals surface area contributed by atoms with Crippen molar-refractivity contribution in [1.29, 1.82) is 0 Å². The Balaban J connectivity index is 1.53. The third kappa shape index (κ3) is 3.65. The maximum absolute atomic E-state index is 12.2. The van der Waals surface area contributed by atoms with E-state index in [-0.39, 0.29) is 6.03 Å². The van der Waals surface area contributed by atoms with E-state index in [9.17, 15) is 4.79 Å². The molecule has 2 amide bonds. The van der Waals surface area contributed by atoms with Gasteiger partial charge in [0.1, 0.15) is 5.82 Å². The van der Waals surface area contributed by atoms with Gasteiger partial charge in [0.15, 0.2) is 5.58 Å². The summed E-state index contributed by atoms with van der Waals surface area (Å²) in [6.45, 7) is 1.98. The number of nitrogens with zero attached hydrogens (tertiary/aromatic N) is 1. The van der Waals surface area contributed by atoms with Crippen LogP contribution in [0.2, 0.25) is 0 Å². The highest BCUT2D eigenvalue weighted by Gasteiger charge is 2.14. The summed E-state index contributed by atoms with van der Waals surface area (Å²) in [4.78, 5) is 16.4. The molecule has 4 rings (SSSR count). The van der Waals surface area contributed by atoms with Gasteiger partial charge in [0, 0.05) is 23.1 Å². The minimum absolute atomic E-state index is 0.296. The van der Waals surface area contributed by atoms with E-state index >= 15 is 0 Å². The Morgan fingerprint density at radius 3 is 2.61 bits per heavy atom. The van der Waals surface area contributed by atoms with Crippen LogP contribution in [0.5, 0.6) is 0 Å². The van der Waals surface area contributed by atoms with E-state index in [0.29, 0.717) is 11.5 Å². The Labute approximate surface area is 175 Å². The number of fused-ring (bicyclic) bond motifs is 1. The molecule has 0 aliphatic carbocycles. The van der Waals surface area contributed by atoms with Gasteiger partial charge in [-0.25, -0.2) is 9.78 Å². The molecule has 0 saturated carbocycles. The fourth-order valence-electron chi connectivity index (χ4n) is 3.00. The van der Waals surface area contributed by atoms with E-state index in [1.165, 1.54) is 0 Å². The van der Waals surface area contributed by atoms with E-state index in [2.05, 4.69) is 38.2 Å². The molecule has 7 heteroatoms. The van der Waals surface area contributed by atoms with Crippen LogP contribution in [0, 0.1) is 10.5 Å². The summed E-state index contributed by atoms with van der Waals surface area (Å²) in [5, 5.41) is 6.45. The van der Waals surface area contributed by atoms with Gasteiger partial charge in [-0.05, 0) is 64.9 Å². The Morgan fingerprint density at radius 2 is 1.86 bits per heavy atom. The Hall–Kier alpha value is -3.07. The van der Waals surface area contributed by atoms with Crippen LogP contribution in [0.3, 0.4) is 0 Å². The van der Waals surface area contributed by atoms with Crippen LogP contribution in [0.4, 0.5) is 22.0 Å². The van der Waals surface area contributed by atoms with Gasteiger partial charge in [-0.1, -0.05) is 24.3 Å². The SMILES string of the molecule is Cc1cccc(NC(=O)Nc2ccc(-c3coc4c(I)cnc(N)c34)cc2)c1. The highest BCUT2D eigenvalue weighted by molar-refractivity contribution is 14.1. The summed E-state index contributed by atoms with van der Waals surface area (Å²) < 4.78 is 6.58. The van der Waals surface area contributed by atoms with Crippen LogP contribution in [-0.2, 0) is 0 Å². The number of carbonyl (C=O) groups is 1. The highest BCUT2D eigenvalue weighted by Crippen LogP contribution is 2.36. The number of carbonyl (C=O) groups excluding carboxylic acids is 1. The minimum atomic E-state index is -0.296. The van der Waals surface area contributed by atoms with Crippen LogP contribution < -0.4 is 16.4 Å². The quantitative estimate of drug-likeness (QED) is 0.329. The van der Waals surface area contributed by atoms with Gasteiger partial charge in [0.2, 0.25) is 0 Å². The largest absolute Gasteiger partial charge is 0.462 e. The lowest BCUT2D eigenvalue weighted by molar-refractivity contribution is 0.262. The van der Waals surface area contributed by atoms with Crippen LogP contribution in [0.1, 0.15) is 5.56 Å². The summed E-state index contributed by atoms with van der Waals surface area (Å²) >= 11 is 2.17. The van der Waals surface area contributed by atoms with Gasteiger partial charge in [-0.3, -0.25) is 0 Å². The van der Waals surface area contributed by atoms with E-state index in [1.54, 1.807) is 12.5 Å². The van der Waals surface area contributed by atoms with Crippen LogP contribution in [-0.4, -0.2) is 11.0 Å². The lowest BCUT2D eigenvalue weighted by atomic mass is 10.0. The maximum atomic E-state index is 12.2. The topological polar surface area (TPSA) is 93.2 Å². The number of aryl methyl sites for hydroxylation is 1. The first-order valence-electron chi connectivity index (χ1n) is 8.57. The summed E-state index contributed by atoms with van der Waals surface area (Å²) in [5.74, 6) is 0.430. The molecule has 2 heterocycles. The number of pyridine rings is 1. The first kappa shape index (κ1) is 18.3. The number of nitrogens with one attached hydrogen (secondary N) is 2. The Morgan fingerprint density at radius 1 is 1.11 bits per heavy atom. The smallest absolute Gasteiger partial charge is 0.323 e. The predicted octanol–water partition coefficient (Wildman–Crippen LogP) is 5.63. The molecular formula is C21H17IN4O2. The third-order valence-electron chi connectivity index (χ3n) is 4.31. The van der Waals surface area contributed by atoms with Crippen LogP contribution >= 0.6 is 22.6 Å². The van der Waals surface area contributed by atoms with Crippen molar-refractivity contribution in [1.82, 2.24) is 4.98 Å². The molecule has 0 atom stereocenters. The molecule has 140 valence electrons. The van der Waals surface area contributed by atoms with Crippen molar-refractivity contribution in [3.8, 4) is 11.1 Å². The zero-order valence-electron chi connectivity index (χ0n) is 15.0. The molecule has 2 aromatic carbocycles. The predicted molar refractivity (Wildman–Crippen MR) is 120 cm³/mol. The number of halogens is 1. The van der Waals surface area contributed by atoms with Gasteiger partial charge in [0.05, 0.1) is 15.2 Å². The third-order valence-corrected chi connectivity index (χ3v) is 5.08. The number of aromatic nitrogens is 1. The van der Waals surface area contributed by atoms with Gasteiger partial charge in [-0.15, -0.1) is 0 Å². The highest BCUT2D eigenvalue weighted by atomic mass is 127. The Kier molecular flexibility index (Phi) is 4.91. The fraction of sp³-hybridized carbons (Fsp3) is 0.0476. The molecule has 0 radical (unpaired) electrons. The first-order valence-corrected chi connectivity index (χ1v) is 9.65. The average molecular weight is 484 g/mol. The number of nitrogens with two attached hydrogens (primary N) is 1. The van der Waals surface area contributed by atoms with Crippen LogP contribution in [0.25, 0.3) is 22.1 Å². The maximum Gasteiger partial charge on any atom is 0.323 e. The molecule has 0 spiro atoms. The van der Waals surface area contributed by atoms with Crippen molar-refractivity contribution in [2.75, 3.05) is 16.4 Å². The normalized spacial score (nSPS) is 10.8. The molecule has 0 saturated heterocycles. The van der Waals surface area contributed by atoms with E-state index in [1.807, 2.05) is 55.5 Å². The molecular weight excluding hydrogens is 467 g/mol. The van der Waals surface area contributed by atoms with Crippen molar-refractivity contribution in [3.63, 3.8) is 0 Å². The lowest BCUT2D eigenvalue weighted by Gasteiger charge is -2.09. The summed E-state index contributed by atoms with van der Waals surface area (Å²) in [7, 11) is 0. The zero-order valence-corrected chi connectivity index (χ0v) is 17.2. The number of nitrogen functional groups attached to an aromatic ring is 1. The van der Waals surface area contributed by atoms with Crippen molar-refractivity contribution in [2.24, 2.45) is 0 Å². The van der Waals surface area contributed by atoms with Crippen LogP contribution in [0.15, 0.2) is 65.4 Å². The van der Waals surface area contributed by atoms with Gasteiger partial charge >= 0.3 is 6.03 Å². The average Bonchev–Trinajstić information content (AvgIpc) is 3.12. The molecule has 0 bridgehead atoms. The second kappa shape index (κ2) is 7.51. The molecule has 0 fully saturated rings. The number of hydrogen-bond acceptors (Lipinski definition) is 4. The van der Waals surface area contributed by atoms with Crippen molar-refractivity contribution < 1.29 is 9.21 Å². The number of furan rings is 1. The molecule has 6 nitrogen and oxygen atoms in total. The van der Waals surface area contributed by atoms with Crippen molar-refractivity contribution >= 4 is 56.8 Å². The number of urea groups is 1. The monoisotopic (exact) mass is 484 g/mol. The summed E-state index contributed by atoms with van der Waals surface area (Å²) in [6.07, 6.45) is 3.36. The second-order valence-corrected chi connectivity index (χ2v) is 7.53. The molecule has 28 heavy (non-hydrogen) atoms. The number of rotatable bonds is 3. The Bertz CT molecular complexity index is 1170. The number of benzene rings is 2. The fourth-order valence-corrected chi connectivity index (χ4v) is 3.54. The van der Waals surface area contributed by atoms with E-state index in [0.717, 1.165) is 36.9 Å². The number of anilines is 3. The van der Waals surface area contributed by atoms with Gasteiger partial charge in [0.25, 0.3) is 0 Å². The minimum Gasteiger partial charge on any atom is -0.462 e. The van der Waals surface area contributed by atoms with E-state index in [4.69, 9.17) is 10.2 Å². The molecule has 0 aliphatic heterocycles. The van der Waals surface area contributed by atoms with E-state index < -0.39 is 0 Å². The number of amides is 2. The summed E-state index contributed by atoms with van der Waals surface area (Å²) in [5.41, 5.74) is 11.1. The van der Waals surface area contributed by atoms with Gasteiger partial charge < -0.3 is 20.8 Å². The zero-order chi connectivity index (χ0) is 19.7. The standard InChI is InChI=1S/C21H17IN4O2/c1-12-3-2-4-15(9-12)26-21(27)25-14-7-5-13(6-8-14)16-11-28-19-17(22)10-24-20(23)18(16)19/h2-11H,1H3,(H2,23,24)(H2,25,26,27). The van der Waals surface area contributed by atoms with Crippen molar-refractivity contribution in [3.05, 3.63) is 70.1 Å². The van der Waals surface area contributed by atoms with Crippen molar-refractivity contribution in [2.45, 2.75) is 6.92 Å². The molecule has 0 unspecified atom stereocenters. The number of hydrogen-bond donors (Lipinski definition) is 3. The molecule has 2 aromatic heterocycles. The molecule has 0 aliphatic rings. The summed E-state index contributed by atoms with van der Waals surface area (Å²) in [6, 6.07) is 14.8. The van der Waals surface area contributed by atoms with Gasteiger partial charge in [-0.2, -0.15) is 0 Å². The second-order valence-electron chi connectivity index (χ2n) is 6.37.